The van der Waals surface area contributed by atoms with Crippen molar-refractivity contribution in [3.63, 3.8) is 0 Å². The molecular weight excluding hydrogens is 196 g/mol. The van der Waals surface area contributed by atoms with Gasteiger partial charge in [0, 0.05) is 5.39 Å². The first-order valence-electron chi connectivity index (χ1n) is 4.42. The molecule has 0 aliphatic carbocycles. The molecule has 0 amide bonds. The lowest BCUT2D eigenvalue weighted by molar-refractivity contribution is -0.141. The average Bonchev–Trinajstić information content (AvgIpc) is 2.60. The van der Waals surface area contributed by atoms with E-state index in [1.807, 2.05) is 0 Å². The maximum atomic E-state index is 11.1. The summed E-state index contributed by atoms with van der Waals surface area (Å²) in [5, 5.41) is 14.1. The van der Waals surface area contributed by atoms with E-state index in [0.717, 1.165) is 10.9 Å². The van der Waals surface area contributed by atoms with Crippen LogP contribution in [0.2, 0.25) is 0 Å². The predicted octanol–water partition coefficient (Wildman–Crippen LogP) is 0.915. The number of carbonyl (C=O) groups excluding carboxylic acids is 1. The number of ether oxygens (including phenoxy) is 1. The van der Waals surface area contributed by atoms with Crippen LogP contribution in [0.4, 0.5) is 0 Å². The number of carbonyl (C=O) groups is 1. The lowest BCUT2D eigenvalue weighted by Gasteiger charge is -2.01. The summed E-state index contributed by atoms with van der Waals surface area (Å²) in [5.41, 5.74) is 0.790. The first-order chi connectivity index (χ1) is 7.20. The molecule has 2 rings (SSSR count). The topological polar surface area (TPSA) is 64.4 Å². The molecule has 0 bridgehead atoms. The summed E-state index contributed by atoms with van der Waals surface area (Å²) in [6.45, 7) is 0.0742. The average molecular weight is 206 g/mol. The number of fused-ring (bicyclic) bond motifs is 1. The number of esters is 1. The van der Waals surface area contributed by atoms with Gasteiger partial charge in [-0.15, -0.1) is 0 Å². The summed E-state index contributed by atoms with van der Waals surface area (Å²) in [4.78, 5) is 11.1. The van der Waals surface area contributed by atoms with Crippen LogP contribution < -0.4 is 0 Å². The van der Waals surface area contributed by atoms with Gasteiger partial charge >= 0.3 is 5.97 Å². The van der Waals surface area contributed by atoms with Crippen molar-refractivity contribution < 1.29 is 14.6 Å². The van der Waals surface area contributed by atoms with Gasteiger partial charge < -0.3 is 9.84 Å². The molecule has 1 aromatic heterocycles. The number of hydrogen-bond acceptors (Lipinski definition) is 4. The second-order valence-corrected chi connectivity index (χ2v) is 3.12. The van der Waals surface area contributed by atoms with Crippen molar-refractivity contribution in [2.24, 2.45) is 0 Å². The second kappa shape index (κ2) is 3.61. The summed E-state index contributed by atoms with van der Waals surface area (Å²) in [7, 11) is 1.33. The van der Waals surface area contributed by atoms with Crippen molar-refractivity contribution in [3.8, 4) is 5.75 Å². The second-order valence-electron chi connectivity index (χ2n) is 3.12. The van der Waals surface area contributed by atoms with Gasteiger partial charge in [0.25, 0.3) is 0 Å². The monoisotopic (exact) mass is 206 g/mol. The van der Waals surface area contributed by atoms with E-state index in [4.69, 9.17) is 0 Å². The van der Waals surface area contributed by atoms with Gasteiger partial charge in [0.05, 0.1) is 18.8 Å². The van der Waals surface area contributed by atoms with Gasteiger partial charge in [-0.05, 0) is 18.2 Å². The third kappa shape index (κ3) is 1.76. The number of benzene rings is 1. The Morgan fingerprint density at radius 3 is 3.13 bits per heavy atom. The number of rotatable bonds is 2. The zero-order chi connectivity index (χ0) is 10.8. The Hall–Kier alpha value is -2.04. The lowest BCUT2D eigenvalue weighted by Crippen LogP contribution is -2.12. The van der Waals surface area contributed by atoms with Crippen molar-refractivity contribution >= 4 is 16.9 Å². The smallest absolute Gasteiger partial charge is 0.327 e. The van der Waals surface area contributed by atoms with Crippen LogP contribution in [0.3, 0.4) is 0 Å². The molecule has 78 valence electrons. The molecule has 0 aliphatic rings. The van der Waals surface area contributed by atoms with Crippen molar-refractivity contribution in [2.45, 2.75) is 6.54 Å². The summed E-state index contributed by atoms with van der Waals surface area (Å²) in [6, 6.07) is 4.86. The maximum Gasteiger partial charge on any atom is 0.327 e. The highest BCUT2D eigenvalue weighted by molar-refractivity contribution is 5.81. The Balaban J connectivity index is 2.41. The summed E-state index contributed by atoms with van der Waals surface area (Å²) >= 11 is 0. The Morgan fingerprint density at radius 1 is 1.60 bits per heavy atom. The molecule has 5 nitrogen and oxygen atoms in total. The van der Waals surface area contributed by atoms with Crippen molar-refractivity contribution in [1.29, 1.82) is 0 Å². The van der Waals surface area contributed by atoms with Gasteiger partial charge in [-0.3, -0.25) is 9.48 Å². The zero-order valence-corrected chi connectivity index (χ0v) is 8.17. The normalized spacial score (nSPS) is 10.5. The summed E-state index contributed by atoms with van der Waals surface area (Å²) < 4.78 is 6.08. The third-order valence-electron chi connectivity index (χ3n) is 2.13. The Labute approximate surface area is 85.9 Å². The largest absolute Gasteiger partial charge is 0.508 e. The summed E-state index contributed by atoms with van der Waals surface area (Å²) in [5.74, 6) is -0.173. The Morgan fingerprint density at radius 2 is 2.40 bits per heavy atom. The minimum atomic E-state index is -0.354. The molecule has 0 spiro atoms. The van der Waals surface area contributed by atoms with Crippen molar-refractivity contribution in [1.82, 2.24) is 9.78 Å². The standard InChI is InChI=1S/C10H10N2O3/c1-15-10(14)6-12-9-3-2-8(13)4-7(9)5-11-12/h2-5,13H,6H2,1H3. The van der Waals surface area contributed by atoms with Crippen LogP contribution >= 0.6 is 0 Å². The van der Waals surface area contributed by atoms with Crippen LogP contribution in [0.15, 0.2) is 24.4 Å². The number of nitrogens with zero attached hydrogens (tertiary/aromatic N) is 2. The molecule has 5 heteroatoms. The fourth-order valence-corrected chi connectivity index (χ4v) is 1.39. The molecule has 0 radical (unpaired) electrons. The number of phenols is 1. The van der Waals surface area contributed by atoms with E-state index < -0.39 is 0 Å². The van der Waals surface area contributed by atoms with E-state index in [2.05, 4.69) is 9.84 Å². The molecule has 0 unspecified atom stereocenters. The molecule has 0 fully saturated rings. The van der Waals surface area contributed by atoms with Crippen LogP contribution in [0.25, 0.3) is 10.9 Å². The van der Waals surface area contributed by atoms with Gasteiger partial charge in [0.1, 0.15) is 12.3 Å². The number of phenolic OH excluding ortho intramolecular Hbond substituents is 1. The number of aromatic nitrogens is 2. The molecule has 1 aromatic carbocycles. The molecular formula is C10H10N2O3. The molecule has 0 saturated carbocycles. The minimum Gasteiger partial charge on any atom is -0.508 e. The van der Waals surface area contributed by atoms with Gasteiger partial charge in [-0.25, -0.2) is 0 Å². The molecule has 0 saturated heterocycles. The maximum absolute atomic E-state index is 11.1. The number of hydrogen-bond donors (Lipinski definition) is 1. The van der Waals surface area contributed by atoms with Crippen LogP contribution in [0, 0.1) is 0 Å². The van der Waals surface area contributed by atoms with Crippen LogP contribution in [-0.2, 0) is 16.1 Å². The van der Waals surface area contributed by atoms with Crippen molar-refractivity contribution in [3.05, 3.63) is 24.4 Å². The van der Waals surface area contributed by atoms with Gasteiger partial charge in [-0.1, -0.05) is 0 Å². The predicted molar refractivity (Wildman–Crippen MR) is 53.4 cm³/mol. The van der Waals surface area contributed by atoms with Gasteiger partial charge in [-0.2, -0.15) is 5.10 Å². The highest BCUT2D eigenvalue weighted by Gasteiger charge is 2.07. The SMILES string of the molecule is COC(=O)Cn1ncc2cc(O)ccc21. The van der Waals surface area contributed by atoms with Crippen LogP contribution in [-0.4, -0.2) is 28.0 Å². The number of aromatic hydroxyl groups is 1. The Bertz CT molecular complexity index is 504. The van der Waals surface area contributed by atoms with Crippen LogP contribution in [0.1, 0.15) is 0 Å². The molecule has 0 aliphatic heterocycles. The minimum absolute atomic E-state index is 0.0742. The van der Waals surface area contributed by atoms with E-state index in [1.54, 1.807) is 24.4 Å². The van der Waals surface area contributed by atoms with E-state index >= 15 is 0 Å². The first-order valence-corrected chi connectivity index (χ1v) is 4.42. The van der Waals surface area contributed by atoms with Crippen LogP contribution in [0.5, 0.6) is 5.75 Å². The molecule has 2 aromatic rings. The van der Waals surface area contributed by atoms with E-state index in [1.165, 1.54) is 11.8 Å². The quantitative estimate of drug-likeness (QED) is 0.742. The Kier molecular flexibility index (Phi) is 2.29. The number of methoxy groups -OCH3 is 1. The summed E-state index contributed by atoms with van der Waals surface area (Å²) in [6.07, 6.45) is 1.60. The van der Waals surface area contributed by atoms with E-state index in [0.29, 0.717) is 0 Å². The molecule has 1 N–H and O–H groups in total. The molecule has 0 atom stereocenters. The first kappa shape index (κ1) is 9.51. The third-order valence-corrected chi connectivity index (χ3v) is 2.13. The molecule has 1 heterocycles. The highest BCUT2D eigenvalue weighted by Crippen LogP contribution is 2.19. The van der Waals surface area contributed by atoms with Gasteiger partial charge in [0.2, 0.25) is 0 Å². The van der Waals surface area contributed by atoms with Gasteiger partial charge in [0.15, 0.2) is 0 Å². The fourth-order valence-electron chi connectivity index (χ4n) is 1.39. The zero-order valence-electron chi connectivity index (χ0n) is 8.17. The highest BCUT2D eigenvalue weighted by atomic mass is 16.5. The fraction of sp³-hybridized carbons (Fsp3) is 0.200. The van der Waals surface area contributed by atoms with E-state index in [9.17, 15) is 9.90 Å². The van der Waals surface area contributed by atoms with E-state index in [-0.39, 0.29) is 18.3 Å². The molecule has 15 heavy (non-hydrogen) atoms. The lowest BCUT2D eigenvalue weighted by atomic mass is 10.2. The van der Waals surface area contributed by atoms with Crippen molar-refractivity contribution in [2.75, 3.05) is 7.11 Å².